The average molecular weight is 260 g/mol. The third-order valence-electron chi connectivity index (χ3n) is 1.81. The van der Waals surface area contributed by atoms with Crippen LogP contribution in [0.4, 0.5) is 5.69 Å². The largest absolute Gasteiger partial charge is 0.399 e. The minimum absolute atomic E-state index is 0.822. The zero-order valence-electron chi connectivity index (χ0n) is 12.6. The highest BCUT2D eigenvalue weighted by Gasteiger charge is 1.81. The Labute approximate surface area is 118 Å². The Morgan fingerprint density at radius 1 is 0.842 bits per heavy atom. The molecule has 2 nitrogen and oxygen atoms in total. The van der Waals surface area contributed by atoms with Gasteiger partial charge in [0, 0.05) is 11.4 Å². The van der Waals surface area contributed by atoms with Gasteiger partial charge in [0.05, 0.1) is 0 Å². The number of para-hydroxylation sites is 1. The summed E-state index contributed by atoms with van der Waals surface area (Å²) in [4.78, 5) is 0. The van der Waals surface area contributed by atoms with Gasteiger partial charge in [-0.05, 0) is 30.7 Å². The van der Waals surface area contributed by atoms with Crippen LogP contribution in [0.1, 0.15) is 34.1 Å². The predicted molar refractivity (Wildman–Crippen MR) is 88.7 cm³/mol. The van der Waals surface area contributed by atoms with Crippen molar-refractivity contribution < 1.29 is 0 Å². The number of benzene rings is 1. The van der Waals surface area contributed by atoms with Crippen molar-refractivity contribution in [3.63, 3.8) is 0 Å². The van der Waals surface area contributed by atoms with Crippen molar-refractivity contribution >= 4 is 5.69 Å². The van der Waals surface area contributed by atoms with Crippen molar-refractivity contribution in [1.29, 1.82) is 0 Å². The highest BCUT2D eigenvalue weighted by atomic mass is 14.5. The van der Waals surface area contributed by atoms with E-state index in [1.807, 2.05) is 82.3 Å². The van der Waals surface area contributed by atoms with Crippen LogP contribution >= 0.6 is 0 Å². The van der Waals surface area contributed by atoms with Gasteiger partial charge in [-0.2, -0.15) is 0 Å². The number of hydrogen-bond acceptors (Lipinski definition) is 2. The highest BCUT2D eigenvalue weighted by molar-refractivity contribution is 5.35. The lowest BCUT2D eigenvalue weighted by Crippen LogP contribution is -1.89. The van der Waals surface area contributed by atoms with Crippen LogP contribution in [-0.2, 0) is 0 Å². The van der Waals surface area contributed by atoms with Crippen LogP contribution in [-0.4, -0.2) is 0 Å². The van der Waals surface area contributed by atoms with Crippen molar-refractivity contribution in [1.82, 2.24) is 0 Å². The van der Waals surface area contributed by atoms with E-state index >= 15 is 0 Å². The van der Waals surface area contributed by atoms with Crippen molar-refractivity contribution in [3.05, 3.63) is 66.4 Å². The maximum absolute atomic E-state index is 5.46. The predicted octanol–water partition coefficient (Wildman–Crippen LogP) is 4.67. The summed E-state index contributed by atoms with van der Waals surface area (Å²) >= 11 is 0. The van der Waals surface area contributed by atoms with Crippen LogP contribution in [0, 0.1) is 0 Å². The van der Waals surface area contributed by atoms with Crippen LogP contribution in [0.5, 0.6) is 0 Å². The van der Waals surface area contributed by atoms with Crippen molar-refractivity contribution in [3.8, 4) is 0 Å². The monoisotopic (exact) mass is 260 g/mol. The van der Waals surface area contributed by atoms with E-state index in [1.165, 1.54) is 0 Å². The second-order valence-electron chi connectivity index (χ2n) is 3.14. The number of hydrogen-bond donors (Lipinski definition) is 2. The molecule has 0 bridgehead atoms. The molecule has 1 aliphatic carbocycles. The van der Waals surface area contributed by atoms with Gasteiger partial charge in [-0.3, -0.25) is 0 Å². The Morgan fingerprint density at radius 3 is 1.89 bits per heavy atom. The fourth-order valence-electron chi connectivity index (χ4n) is 1.05. The summed E-state index contributed by atoms with van der Waals surface area (Å²) in [5.74, 6) is 0. The molecule has 1 aromatic rings. The van der Waals surface area contributed by atoms with Crippen molar-refractivity contribution in [2.45, 2.75) is 34.1 Å². The molecule has 2 rings (SSSR count). The van der Waals surface area contributed by atoms with Crippen molar-refractivity contribution in [2.75, 3.05) is 5.73 Å². The van der Waals surface area contributed by atoms with E-state index in [-0.39, 0.29) is 0 Å². The van der Waals surface area contributed by atoms with Crippen LogP contribution < -0.4 is 11.5 Å². The first-order valence-corrected chi connectivity index (χ1v) is 6.88. The highest BCUT2D eigenvalue weighted by Crippen LogP contribution is 1.97. The van der Waals surface area contributed by atoms with Crippen LogP contribution in [0.25, 0.3) is 0 Å². The van der Waals surface area contributed by atoms with E-state index in [9.17, 15) is 0 Å². The first kappa shape index (κ1) is 19.4. The SMILES string of the molecule is CC.CC.NC1=CC=CCC=C1.Nc1ccccc1. The second-order valence-corrected chi connectivity index (χ2v) is 3.14. The molecular weight excluding hydrogens is 232 g/mol. The standard InChI is InChI=1S/C7H9N.C6H7N.2C2H6/c8-7-5-3-1-2-4-6-7;7-6-4-2-1-3-5-6;2*1-2/h1,3-6H,2,8H2;1-5H,7H2;2*1-2H3. The quantitative estimate of drug-likeness (QED) is 0.666. The Morgan fingerprint density at radius 2 is 1.42 bits per heavy atom. The molecule has 2 heteroatoms. The third kappa shape index (κ3) is 14.0. The molecule has 1 aliphatic rings. The zero-order valence-corrected chi connectivity index (χ0v) is 12.6. The summed E-state index contributed by atoms with van der Waals surface area (Å²) in [6.45, 7) is 8.00. The molecule has 0 spiro atoms. The van der Waals surface area contributed by atoms with Gasteiger partial charge in [-0.15, -0.1) is 0 Å². The Hall–Kier alpha value is -1.96. The lowest BCUT2D eigenvalue weighted by molar-refractivity contribution is 1.38. The second kappa shape index (κ2) is 16.0. The van der Waals surface area contributed by atoms with Gasteiger partial charge in [0.15, 0.2) is 0 Å². The first-order valence-electron chi connectivity index (χ1n) is 6.88. The van der Waals surface area contributed by atoms with E-state index in [4.69, 9.17) is 11.5 Å². The Balaban J connectivity index is 0. The maximum atomic E-state index is 5.46. The van der Waals surface area contributed by atoms with Gasteiger partial charge < -0.3 is 11.5 Å². The summed E-state index contributed by atoms with van der Waals surface area (Å²) in [5.41, 5.74) is 12.5. The van der Waals surface area contributed by atoms with Crippen LogP contribution in [0.2, 0.25) is 0 Å². The lowest BCUT2D eigenvalue weighted by atomic mass is 10.3. The van der Waals surface area contributed by atoms with Gasteiger partial charge >= 0.3 is 0 Å². The van der Waals surface area contributed by atoms with E-state index in [1.54, 1.807) is 0 Å². The number of nitrogen functional groups attached to an aromatic ring is 1. The van der Waals surface area contributed by atoms with Gasteiger partial charge in [0.2, 0.25) is 0 Å². The van der Waals surface area contributed by atoms with Crippen molar-refractivity contribution in [2.24, 2.45) is 5.73 Å². The minimum Gasteiger partial charge on any atom is -0.399 e. The number of rotatable bonds is 0. The van der Waals surface area contributed by atoms with Crippen LogP contribution in [0.15, 0.2) is 66.4 Å². The number of allylic oxidation sites excluding steroid dienone is 5. The zero-order chi connectivity index (χ0) is 14.9. The molecule has 0 saturated carbocycles. The molecule has 0 radical (unpaired) electrons. The molecule has 0 aliphatic heterocycles. The fraction of sp³-hybridized carbons (Fsp3) is 0.294. The molecule has 0 atom stereocenters. The Kier molecular flexibility index (Phi) is 16.4. The van der Waals surface area contributed by atoms with E-state index in [0.29, 0.717) is 0 Å². The molecule has 19 heavy (non-hydrogen) atoms. The molecule has 0 aromatic heterocycles. The smallest absolute Gasteiger partial charge is 0.0313 e. The molecular formula is C17H28N2. The summed E-state index contributed by atoms with van der Waals surface area (Å²) in [7, 11) is 0. The first-order chi connectivity index (χ1) is 9.29. The Bertz CT molecular complexity index is 362. The lowest BCUT2D eigenvalue weighted by Gasteiger charge is -1.83. The summed E-state index contributed by atoms with van der Waals surface area (Å²) in [6.07, 6.45) is 10.9. The van der Waals surface area contributed by atoms with Gasteiger partial charge in [-0.1, -0.05) is 64.1 Å². The van der Waals surface area contributed by atoms with E-state index in [2.05, 4.69) is 6.08 Å². The summed E-state index contributed by atoms with van der Waals surface area (Å²) in [6, 6.07) is 9.49. The summed E-state index contributed by atoms with van der Waals surface area (Å²) in [5, 5.41) is 0. The van der Waals surface area contributed by atoms with Gasteiger partial charge in [0.1, 0.15) is 0 Å². The average Bonchev–Trinajstić information content (AvgIpc) is 2.72. The molecule has 0 amide bonds. The maximum Gasteiger partial charge on any atom is 0.0313 e. The third-order valence-corrected chi connectivity index (χ3v) is 1.81. The molecule has 0 heterocycles. The van der Waals surface area contributed by atoms with Gasteiger partial charge in [-0.25, -0.2) is 0 Å². The van der Waals surface area contributed by atoms with Gasteiger partial charge in [0.25, 0.3) is 0 Å². The minimum atomic E-state index is 0.822. The topological polar surface area (TPSA) is 52.0 Å². The number of anilines is 1. The summed E-state index contributed by atoms with van der Waals surface area (Å²) < 4.78 is 0. The molecule has 1 aromatic carbocycles. The van der Waals surface area contributed by atoms with E-state index < -0.39 is 0 Å². The molecule has 0 fully saturated rings. The molecule has 106 valence electrons. The number of nitrogens with two attached hydrogens (primary N) is 2. The molecule has 0 unspecified atom stereocenters. The normalized spacial score (nSPS) is 11.3. The van der Waals surface area contributed by atoms with Crippen LogP contribution in [0.3, 0.4) is 0 Å². The fourth-order valence-corrected chi connectivity index (χ4v) is 1.05. The molecule has 4 N–H and O–H groups in total. The molecule has 0 saturated heterocycles. The van der Waals surface area contributed by atoms with E-state index in [0.717, 1.165) is 17.8 Å².